The molecule has 18 heavy (non-hydrogen) atoms. The summed E-state index contributed by atoms with van der Waals surface area (Å²) in [6, 6.07) is 11.7. The van der Waals surface area contributed by atoms with Crippen molar-refractivity contribution in [3.05, 3.63) is 62.0 Å². The zero-order chi connectivity index (χ0) is 13.1. The van der Waals surface area contributed by atoms with Gasteiger partial charge >= 0.3 is 0 Å². The second kappa shape index (κ2) is 5.96. The van der Waals surface area contributed by atoms with Gasteiger partial charge in [0.25, 0.3) is 0 Å². The van der Waals surface area contributed by atoms with E-state index in [1.54, 1.807) is 6.07 Å². The normalized spacial score (nSPS) is 10.4. The maximum atomic E-state index is 6.12. The van der Waals surface area contributed by atoms with Gasteiger partial charge in [0.05, 0.1) is 0 Å². The number of hydrogen-bond donors (Lipinski definition) is 1. The summed E-state index contributed by atoms with van der Waals surface area (Å²) in [5.41, 5.74) is 3.30. The number of hydrogen-bond acceptors (Lipinski definition) is 1. The van der Waals surface area contributed by atoms with Crippen LogP contribution in [0.1, 0.15) is 11.1 Å². The third-order valence-corrected chi connectivity index (χ3v) is 4.13. The van der Waals surface area contributed by atoms with E-state index in [0.717, 1.165) is 15.7 Å². The van der Waals surface area contributed by atoms with Crippen LogP contribution in [0, 0.1) is 6.92 Å². The van der Waals surface area contributed by atoms with Gasteiger partial charge in [-0.15, -0.1) is 0 Å². The van der Waals surface area contributed by atoms with Crippen LogP contribution in [0.3, 0.4) is 0 Å². The molecule has 1 N–H and O–H groups in total. The van der Waals surface area contributed by atoms with Gasteiger partial charge < -0.3 is 5.32 Å². The molecule has 2 aromatic carbocycles. The molecule has 0 spiro atoms. The van der Waals surface area contributed by atoms with Crippen molar-refractivity contribution in [2.45, 2.75) is 13.5 Å². The van der Waals surface area contributed by atoms with Crippen LogP contribution < -0.4 is 5.32 Å². The summed E-state index contributed by atoms with van der Waals surface area (Å²) >= 11 is 15.5. The van der Waals surface area contributed by atoms with Gasteiger partial charge in [-0.3, -0.25) is 0 Å². The molecule has 2 rings (SSSR count). The minimum absolute atomic E-state index is 0.656. The second-order valence-electron chi connectivity index (χ2n) is 4.05. The number of anilines is 1. The van der Waals surface area contributed by atoms with E-state index in [1.165, 1.54) is 5.56 Å². The molecule has 0 bridgehead atoms. The van der Waals surface area contributed by atoms with Crippen LogP contribution in [0.15, 0.2) is 40.9 Å². The Balaban J connectivity index is 2.09. The molecule has 0 atom stereocenters. The van der Waals surface area contributed by atoms with Crippen molar-refractivity contribution >= 4 is 44.8 Å². The van der Waals surface area contributed by atoms with E-state index in [2.05, 4.69) is 34.2 Å². The molecule has 0 unspecified atom stereocenters. The molecular weight excluding hydrogens is 333 g/mol. The summed E-state index contributed by atoms with van der Waals surface area (Å²) in [5, 5.41) is 4.68. The van der Waals surface area contributed by atoms with Gasteiger partial charge in [0.1, 0.15) is 0 Å². The van der Waals surface area contributed by atoms with E-state index in [0.29, 0.717) is 16.6 Å². The lowest BCUT2D eigenvalue weighted by Gasteiger charge is -2.09. The van der Waals surface area contributed by atoms with Gasteiger partial charge in [-0.1, -0.05) is 45.2 Å². The Labute approximate surface area is 125 Å². The van der Waals surface area contributed by atoms with E-state index in [4.69, 9.17) is 23.2 Å². The molecule has 0 aliphatic carbocycles. The zero-order valence-electron chi connectivity index (χ0n) is 9.81. The van der Waals surface area contributed by atoms with Crippen LogP contribution in [-0.2, 0) is 6.54 Å². The largest absolute Gasteiger partial charge is 0.381 e. The van der Waals surface area contributed by atoms with Crippen LogP contribution >= 0.6 is 39.1 Å². The van der Waals surface area contributed by atoms with Crippen molar-refractivity contribution in [3.8, 4) is 0 Å². The average Bonchev–Trinajstić information content (AvgIpc) is 2.32. The third-order valence-electron chi connectivity index (χ3n) is 2.66. The number of aryl methyl sites for hydroxylation is 1. The van der Waals surface area contributed by atoms with Gasteiger partial charge in [-0.2, -0.15) is 0 Å². The highest BCUT2D eigenvalue weighted by Gasteiger charge is 2.02. The summed E-state index contributed by atoms with van der Waals surface area (Å²) in [6.45, 7) is 2.74. The summed E-state index contributed by atoms with van der Waals surface area (Å²) < 4.78 is 1.11. The number of nitrogens with one attached hydrogen (secondary N) is 1. The standard InChI is InChI=1S/C14H12BrCl2N/c1-9-6-12(4-5-13(9)15)18-8-10-2-3-11(16)7-14(10)17/h2-7,18H,8H2,1H3. The molecular formula is C14H12BrCl2N. The van der Waals surface area contributed by atoms with E-state index >= 15 is 0 Å². The molecule has 0 aliphatic rings. The minimum atomic E-state index is 0.656. The molecule has 0 heterocycles. The van der Waals surface area contributed by atoms with Crippen LogP contribution in [0.2, 0.25) is 10.0 Å². The molecule has 94 valence electrons. The molecule has 4 heteroatoms. The quantitative estimate of drug-likeness (QED) is 0.755. The lowest BCUT2D eigenvalue weighted by molar-refractivity contribution is 1.15. The summed E-state index contributed by atoms with van der Waals surface area (Å²) in [7, 11) is 0. The average molecular weight is 345 g/mol. The first-order valence-electron chi connectivity index (χ1n) is 5.50. The molecule has 0 radical (unpaired) electrons. The minimum Gasteiger partial charge on any atom is -0.381 e. The number of halogens is 3. The van der Waals surface area contributed by atoms with Crippen LogP contribution in [-0.4, -0.2) is 0 Å². The van der Waals surface area contributed by atoms with Crippen molar-refractivity contribution in [1.29, 1.82) is 0 Å². The zero-order valence-corrected chi connectivity index (χ0v) is 12.9. The first-order valence-corrected chi connectivity index (χ1v) is 7.05. The first-order chi connectivity index (χ1) is 8.56. The Morgan fingerprint density at radius 2 is 1.89 bits per heavy atom. The molecule has 0 amide bonds. The van der Waals surface area contributed by atoms with Gasteiger partial charge in [0, 0.05) is 26.8 Å². The van der Waals surface area contributed by atoms with Crippen molar-refractivity contribution in [1.82, 2.24) is 0 Å². The molecule has 0 saturated heterocycles. The Hall–Kier alpha value is -0.700. The smallest absolute Gasteiger partial charge is 0.0470 e. The van der Waals surface area contributed by atoms with E-state index in [1.807, 2.05) is 24.3 Å². The number of rotatable bonds is 3. The maximum absolute atomic E-state index is 6.12. The molecule has 0 fully saturated rings. The Kier molecular flexibility index (Phi) is 4.55. The first kappa shape index (κ1) is 13.7. The van der Waals surface area contributed by atoms with Gasteiger partial charge in [-0.05, 0) is 48.4 Å². The highest BCUT2D eigenvalue weighted by molar-refractivity contribution is 9.10. The SMILES string of the molecule is Cc1cc(NCc2ccc(Cl)cc2Cl)ccc1Br. The lowest BCUT2D eigenvalue weighted by atomic mass is 10.2. The topological polar surface area (TPSA) is 12.0 Å². The van der Waals surface area contributed by atoms with Gasteiger partial charge in [0.2, 0.25) is 0 Å². The second-order valence-corrected chi connectivity index (χ2v) is 5.75. The van der Waals surface area contributed by atoms with Crippen LogP contribution in [0.4, 0.5) is 5.69 Å². The predicted octanol–water partition coefficient (Wildman–Crippen LogP) is 5.68. The summed E-state index contributed by atoms with van der Waals surface area (Å²) in [6.07, 6.45) is 0. The highest BCUT2D eigenvalue weighted by Crippen LogP contribution is 2.23. The fraction of sp³-hybridized carbons (Fsp3) is 0.143. The van der Waals surface area contributed by atoms with Crippen molar-refractivity contribution in [3.63, 3.8) is 0 Å². The third kappa shape index (κ3) is 3.41. The lowest BCUT2D eigenvalue weighted by Crippen LogP contribution is -2.00. The molecule has 0 aliphatic heterocycles. The van der Waals surface area contributed by atoms with Crippen molar-refractivity contribution in [2.75, 3.05) is 5.32 Å². The number of benzene rings is 2. The van der Waals surface area contributed by atoms with E-state index < -0.39 is 0 Å². The molecule has 0 aromatic heterocycles. The van der Waals surface area contributed by atoms with Crippen molar-refractivity contribution < 1.29 is 0 Å². The van der Waals surface area contributed by atoms with Crippen LogP contribution in [0.25, 0.3) is 0 Å². The van der Waals surface area contributed by atoms with E-state index in [9.17, 15) is 0 Å². The Morgan fingerprint density at radius 3 is 2.56 bits per heavy atom. The van der Waals surface area contributed by atoms with E-state index in [-0.39, 0.29) is 0 Å². The predicted molar refractivity (Wildman–Crippen MR) is 82.7 cm³/mol. The Morgan fingerprint density at radius 1 is 1.11 bits per heavy atom. The summed E-state index contributed by atoms with van der Waals surface area (Å²) in [4.78, 5) is 0. The Bertz CT molecular complexity index is 570. The molecule has 1 nitrogen and oxygen atoms in total. The van der Waals surface area contributed by atoms with Crippen molar-refractivity contribution in [2.24, 2.45) is 0 Å². The highest BCUT2D eigenvalue weighted by atomic mass is 79.9. The monoisotopic (exact) mass is 343 g/mol. The fourth-order valence-corrected chi connectivity index (χ4v) is 2.34. The fourth-order valence-electron chi connectivity index (χ4n) is 1.62. The summed E-state index contributed by atoms with van der Waals surface area (Å²) in [5.74, 6) is 0. The molecule has 2 aromatic rings. The van der Waals surface area contributed by atoms with Gasteiger partial charge in [-0.25, -0.2) is 0 Å². The van der Waals surface area contributed by atoms with Crippen LogP contribution in [0.5, 0.6) is 0 Å². The van der Waals surface area contributed by atoms with Gasteiger partial charge in [0.15, 0.2) is 0 Å². The maximum Gasteiger partial charge on any atom is 0.0470 e. The molecule has 0 saturated carbocycles.